The Labute approximate surface area is 152 Å². The molecule has 0 saturated carbocycles. The molecule has 0 spiro atoms. The average molecular weight is 349 g/mol. The third kappa shape index (κ3) is 4.09. The lowest BCUT2D eigenvalue weighted by Gasteiger charge is -2.20. The number of halogens is 1. The summed E-state index contributed by atoms with van der Waals surface area (Å²) in [6.07, 6.45) is 0. The van der Waals surface area contributed by atoms with Crippen LogP contribution in [0, 0.1) is 12.7 Å². The van der Waals surface area contributed by atoms with E-state index in [0.29, 0.717) is 11.1 Å². The van der Waals surface area contributed by atoms with Crippen molar-refractivity contribution in [2.24, 2.45) is 0 Å². The smallest absolute Gasteiger partial charge is 0.189 e. The molecule has 0 aromatic heterocycles. The van der Waals surface area contributed by atoms with Crippen molar-refractivity contribution in [3.8, 4) is 5.75 Å². The molecule has 0 amide bonds. The lowest BCUT2D eigenvalue weighted by molar-refractivity contribution is 0.0969. The molecule has 0 aliphatic carbocycles. The minimum Gasteiger partial charge on any atom is -0.497 e. The number of benzene rings is 3. The molecule has 1 unspecified atom stereocenters. The largest absolute Gasteiger partial charge is 0.497 e. The molecular formula is C22H20FNO2. The highest BCUT2D eigenvalue weighted by molar-refractivity contribution is 6.02. The summed E-state index contributed by atoms with van der Waals surface area (Å²) in [5.74, 6) is 0.325. The van der Waals surface area contributed by atoms with E-state index in [1.165, 1.54) is 12.1 Å². The average Bonchev–Trinajstić information content (AvgIpc) is 2.67. The van der Waals surface area contributed by atoms with Gasteiger partial charge in [-0.25, -0.2) is 4.39 Å². The van der Waals surface area contributed by atoms with Crippen molar-refractivity contribution in [1.29, 1.82) is 0 Å². The van der Waals surface area contributed by atoms with Crippen molar-refractivity contribution >= 4 is 11.5 Å². The number of nitrogens with one attached hydrogen (secondary N) is 1. The lowest BCUT2D eigenvalue weighted by atomic mass is 9.96. The molecule has 1 N–H and O–H groups in total. The number of hydrogen-bond donors (Lipinski definition) is 1. The number of Topliss-reactive ketones (excluding diaryl/α,β-unsaturated/α-hetero) is 1. The van der Waals surface area contributed by atoms with Crippen LogP contribution >= 0.6 is 0 Å². The summed E-state index contributed by atoms with van der Waals surface area (Å²) in [5.41, 5.74) is 3.17. The molecule has 0 radical (unpaired) electrons. The van der Waals surface area contributed by atoms with Crippen LogP contribution in [0.5, 0.6) is 5.75 Å². The van der Waals surface area contributed by atoms with Crippen LogP contribution in [0.15, 0.2) is 72.8 Å². The zero-order valence-corrected chi connectivity index (χ0v) is 14.7. The van der Waals surface area contributed by atoms with Crippen molar-refractivity contribution in [3.05, 3.63) is 95.3 Å². The Bertz CT molecular complexity index is 872. The first kappa shape index (κ1) is 17.7. The Morgan fingerprint density at radius 3 is 2.12 bits per heavy atom. The second-order valence-electron chi connectivity index (χ2n) is 6.09. The van der Waals surface area contributed by atoms with Gasteiger partial charge in [-0.2, -0.15) is 0 Å². The van der Waals surface area contributed by atoms with Gasteiger partial charge in [-0.3, -0.25) is 4.79 Å². The van der Waals surface area contributed by atoms with Gasteiger partial charge in [0.2, 0.25) is 0 Å². The highest BCUT2D eigenvalue weighted by atomic mass is 19.1. The van der Waals surface area contributed by atoms with Crippen LogP contribution in [-0.2, 0) is 0 Å². The predicted molar refractivity (Wildman–Crippen MR) is 101 cm³/mol. The molecule has 0 heterocycles. The van der Waals surface area contributed by atoms with E-state index in [-0.39, 0.29) is 11.6 Å². The lowest BCUT2D eigenvalue weighted by Crippen LogP contribution is -2.21. The SMILES string of the molecule is COc1ccc(NC(C(=O)c2ccc(C)cc2)c2ccc(F)cc2)cc1. The Kier molecular flexibility index (Phi) is 5.32. The molecule has 26 heavy (non-hydrogen) atoms. The first-order valence-electron chi connectivity index (χ1n) is 8.34. The van der Waals surface area contributed by atoms with E-state index in [9.17, 15) is 9.18 Å². The summed E-state index contributed by atoms with van der Waals surface area (Å²) in [7, 11) is 1.60. The number of carbonyl (C=O) groups is 1. The van der Waals surface area contributed by atoms with Crippen LogP contribution in [-0.4, -0.2) is 12.9 Å². The van der Waals surface area contributed by atoms with Gasteiger partial charge in [0.05, 0.1) is 7.11 Å². The summed E-state index contributed by atoms with van der Waals surface area (Å²) >= 11 is 0. The summed E-state index contributed by atoms with van der Waals surface area (Å²) < 4.78 is 18.5. The quantitative estimate of drug-likeness (QED) is 0.623. The fourth-order valence-corrected chi connectivity index (χ4v) is 2.69. The van der Waals surface area contributed by atoms with Gasteiger partial charge < -0.3 is 10.1 Å². The fraction of sp³-hybridized carbons (Fsp3) is 0.136. The molecule has 1 atom stereocenters. The summed E-state index contributed by atoms with van der Waals surface area (Å²) in [6, 6.07) is 20.1. The third-order valence-corrected chi connectivity index (χ3v) is 4.20. The maximum absolute atomic E-state index is 13.3. The van der Waals surface area contributed by atoms with Gasteiger partial charge in [-0.05, 0) is 48.9 Å². The van der Waals surface area contributed by atoms with Crippen LogP contribution in [0.2, 0.25) is 0 Å². The van der Waals surface area contributed by atoms with Gasteiger partial charge in [0.25, 0.3) is 0 Å². The molecule has 4 heteroatoms. The van der Waals surface area contributed by atoms with Crippen LogP contribution in [0.25, 0.3) is 0 Å². The topological polar surface area (TPSA) is 38.3 Å². The standard InChI is InChI=1S/C22H20FNO2/c1-15-3-5-17(6-4-15)22(25)21(16-7-9-18(23)10-8-16)24-19-11-13-20(26-2)14-12-19/h3-14,21,24H,1-2H3. The zero-order valence-electron chi connectivity index (χ0n) is 14.7. The maximum Gasteiger partial charge on any atom is 0.189 e. The number of ketones is 1. The first-order valence-corrected chi connectivity index (χ1v) is 8.34. The highest BCUT2D eigenvalue weighted by Crippen LogP contribution is 2.25. The number of rotatable bonds is 6. The molecule has 3 nitrogen and oxygen atoms in total. The van der Waals surface area contributed by atoms with Crippen LogP contribution in [0.1, 0.15) is 27.5 Å². The van der Waals surface area contributed by atoms with Crippen molar-refractivity contribution in [3.63, 3.8) is 0 Å². The van der Waals surface area contributed by atoms with Crippen molar-refractivity contribution in [2.75, 3.05) is 12.4 Å². The summed E-state index contributed by atoms with van der Waals surface area (Å²) in [4.78, 5) is 13.1. The van der Waals surface area contributed by atoms with E-state index in [0.717, 1.165) is 17.0 Å². The Morgan fingerprint density at radius 2 is 1.54 bits per heavy atom. The Hall–Kier alpha value is -3.14. The molecule has 0 aliphatic heterocycles. The van der Waals surface area contributed by atoms with Gasteiger partial charge >= 0.3 is 0 Å². The van der Waals surface area contributed by atoms with Gasteiger partial charge in [0.1, 0.15) is 17.6 Å². The van der Waals surface area contributed by atoms with Gasteiger partial charge in [0.15, 0.2) is 5.78 Å². The molecule has 132 valence electrons. The van der Waals surface area contributed by atoms with Gasteiger partial charge in [-0.15, -0.1) is 0 Å². The summed E-state index contributed by atoms with van der Waals surface area (Å²) in [6.45, 7) is 1.97. The summed E-state index contributed by atoms with van der Waals surface area (Å²) in [5, 5.41) is 3.25. The fourth-order valence-electron chi connectivity index (χ4n) is 2.69. The first-order chi connectivity index (χ1) is 12.6. The molecule has 0 aliphatic rings. The predicted octanol–water partition coefficient (Wildman–Crippen LogP) is 5.18. The number of anilines is 1. The Morgan fingerprint density at radius 1 is 0.923 bits per heavy atom. The van der Waals surface area contributed by atoms with Gasteiger partial charge in [-0.1, -0.05) is 42.0 Å². The molecule has 3 aromatic rings. The van der Waals surface area contributed by atoms with E-state index >= 15 is 0 Å². The number of methoxy groups -OCH3 is 1. The molecular weight excluding hydrogens is 329 g/mol. The molecule has 0 fully saturated rings. The zero-order chi connectivity index (χ0) is 18.5. The van der Waals surface area contributed by atoms with E-state index < -0.39 is 6.04 Å². The molecule has 3 aromatic carbocycles. The van der Waals surface area contributed by atoms with Crippen LogP contribution < -0.4 is 10.1 Å². The minimum absolute atomic E-state index is 0.0765. The number of aryl methyl sites for hydroxylation is 1. The molecule has 0 saturated heterocycles. The van der Waals surface area contributed by atoms with E-state index in [4.69, 9.17) is 4.74 Å². The second-order valence-corrected chi connectivity index (χ2v) is 6.09. The number of carbonyl (C=O) groups excluding carboxylic acids is 1. The van der Waals surface area contributed by atoms with E-state index in [1.54, 1.807) is 19.2 Å². The Balaban J connectivity index is 1.93. The maximum atomic E-state index is 13.3. The van der Waals surface area contributed by atoms with E-state index in [1.807, 2.05) is 55.5 Å². The van der Waals surface area contributed by atoms with Crippen molar-refractivity contribution in [1.82, 2.24) is 0 Å². The van der Waals surface area contributed by atoms with Gasteiger partial charge in [0, 0.05) is 11.3 Å². The van der Waals surface area contributed by atoms with Crippen molar-refractivity contribution < 1.29 is 13.9 Å². The normalized spacial score (nSPS) is 11.7. The second kappa shape index (κ2) is 7.83. The number of hydrogen-bond acceptors (Lipinski definition) is 3. The van der Waals surface area contributed by atoms with E-state index in [2.05, 4.69) is 5.32 Å². The van der Waals surface area contributed by atoms with Crippen LogP contribution in [0.3, 0.4) is 0 Å². The minimum atomic E-state index is -0.619. The molecule has 3 rings (SSSR count). The molecule has 0 bridgehead atoms. The van der Waals surface area contributed by atoms with Crippen molar-refractivity contribution in [2.45, 2.75) is 13.0 Å². The monoisotopic (exact) mass is 349 g/mol. The third-order valence-electron chi connectivity index (χ3n) is 4.20. The highest BCUT2D eigenvalue weighted by Gasteiger charge is 2.22. The van der Waals surface area contributed by atoms with Crippen LogP contribution in [0.4, 0.5) is 10.1 Å². The number of ether oxygens (including phenoxy) is 1.